The first-order valence-electron chi connectivity index (χ1n) is 3.82. The normalized spacial score (nSPS) is 14.1. The van der Waals surface area contributed by atoms with Gasteiger partial charge in [0, 0.05) is 12.4 Å². The van der Waals surface area contributed by atoms with Crippen molar-refractivity contribution in [1.82, 2.24) is 4.98 Å². The Morgan fingerprint density at radius 2 is 2.29 bits per heavy atom. The van der Waals surface area contributed by atoms with Crippen LogP contribution in [0.5, 0.6) is 0 Å². The van der Waals surface area contributed by atoms with Crippen molar-refractivity contribution < 1.29 is 13.9 Å². The van der Waals surface area contributed by atoms with E-state index in [1.807, 2.05) is 0 Å². The largest absolute Gasteiger partial charge is 0.390 e. The zero-order chi connectivity index (χ0) is 10.8. The summed E-state index contributed by atoms with van der Waals surface area (Å²) in [6.07, 6.45) is 2.54. The van der Waals surface area contributed by atoms with E-state index in [1.54, 1.807) is 0 Å². The number of alkyl halides is 2. The van der Waals surface area contributed by atoms with Gasteiger partial charge in [0.1, 0.15) is 6.61 Å². The lowest BCUT2D eigenvalue weighted by Gasteiger charge is -2.22. The van der Waals surface area contributed by atoms with E-state index >= 15 is 0 Å². The molecule has 3 N–H and O–H groups in total. The quantitative estimate of drug-likeness (QED) is 0.812. The van der Waals surface area contributed by atoms with Crippen molar-refractivity contribution >= 4 is 11.6 Å². The predicted octanol–water partition coefficient (Wildman–Crippen LogP) is 1.36. The molecule has 1 heterocycles. The van der Waals surface area contributed by atoms with Gasteiger partial charge in [0.2, 0.25) is 0 Å². The zero-order valence-electron chi connectivity index (χ0n) is 7.12. The molecule has 0 unspecified atom stereocenters. The molecule has 1 rings (SSSR count). The lowest BCUT2D eigenvalue weighted by molar-refractivity contribution is -0.0711. The van der Waals surface area contributed by atoms with Crippen LogP contribution in [0.4, 0.5) is 8.78 Å². The molecular formula is C8H9ClF2N2O. The number of aromatic nitrogens is 1. The first-order valence-corrected chi connectivity index (χ1v) is 4.20. The van der Waals surface area contributed by atoms with Crippen molar-refractivity contribution in [1.29, 1.82) is 0 Å². The van der Waals surface area contributed by atoms with Crippen LogP contribution in [0.3, 0.4) is 0 Å². The molecular weight excluding hydrogens is 214 g/mol. The first kappa shape index (κ1) is 11.3. The summed E-state index contributed by atoms with van der Waals surface area (Å²) in [5, 5.41) is 8.49. The van der Waals surface area contributed by atoms with Gasteiger partial charge in [-0.3, -0.25) is 4.98 Å². The van der Waals surface area contributed by atoms with Gasteiger partial charge < -0.3 is 10.8 Å². The number of rotatable bonds is 3. The van der Waals surface area contributed by atoms with Crippen molar-refractivity contribution in [3.05, 3.63) is 29.0 Å². The highest BCUT2D eigenvalue weighted by Crippen LogP contribution is 2.31. The fourth-order valence-corrected chi connectivity index (χ4v) is 1.20. The number of hydrogen-bond donors (Lipinski definition) is 2. The second kappa shape index (κ2) is 4.16. The second-order valence-corrected chi connectivity index (χ2v) is 3.20. The number of nitrogens with two attached hydrogens (primary N) is 1. The Bertz CT molecular complexity index is 322. The van der Waals surface area contributed by atoms with Gasteiger partial charge in [0.05, 0.1) is 11.1 Å². The van der Waals surface area contributed by atoms with E-state index in [-0.39, 0.29) is 10.6 Å². The van der Waals surface area contributed by atoms with Crippen LogP contribution in [-0.4, -0.2) is 22.6 Å². The van der Waals surface area contributed by atoms with Gasteiger partial charge in [-0.25, -0.2) is 8.78 Å². The Kier molecular flexibility index (Phi) is 3.36. The van der Waals surface area contributed by atoms with Gasteiger partial charge in [0.25, 0.3) is 5.92 Å². The molecule has 0 fully saturated rings. The van der Waals surface area contributed by atoms with Crippen molar-refractivity contribution in [2.45, 2.75) is 12.0 Å². The van der Waals surface area contributed by atoms with Gasteiger partial charge in [-0.05, 0) is 11.6 Å². The molecule has 0 aliphatic heterocycles. The van der Waals surface area contributed by atoms with E-state index in [1.165, 1.54) is 18.5 Å². The highest BCUT2D eigenvalue weighted by Gasteiger charge is 2.38. The van der Waals surface area contributed by atoms with Crippen molar-refractivity contribution in [3.8, 4) is 0 Å². The van der Waals surface area contributed by atoms with Crippen LogP contribution in [0.25, 0.3) is 0 Å². The molecule has 0 saturated heterocycles. The smallest absolute Gasteiger partial charge is 0.289 e. The van der Waals surface area contributed by atoms with E-state index in [0.717, 1.165) is 0 Å². The molecule has 0 aliphatic rings. The molecule has 1 aromatic heterocycles. The third-order valence-corrected chi connectivity index (χ3v) is 2.12. The monoisotopic (exact) mass is 222 g/mol. The van der Waals surface area contributed by atoms with Crippen molar-refractivity contribution in [2.75, 3.05) is 6.61 Å². The number of pyridine rings is 1. The maximum absolute atomic E-state index is 13.0. The van der Waals surface area contributed by atoms with Crippen LogP contribution in [0.15, 0.2) is 18.5 Å². The Morgan fingerprint density at radius 3 is 2.79 bits per heavy atom. The van der Waals surface area contributed by atoms with Crippen LogP contribution in [0.2, 0.25) is 5.02 Å². The summed E-state index contributed by atoms with van der Waals surface area (Å²) in [4.78, 5) is 3.64. The Balaban J connectivity index is 3.00. The van der Waals surface area contributed by atoms with E-state index in [0.29, 0.717) is 0 Å². The molecule has 0 saturated carbocycles. The van der Waals surface area contributed by atoms with Gasteiger partial charge in [-0.15, -0.1) is 0 Å². The van der Waals surface area contributed by atoms with Crippen molar-refractivity contribution in [2.24, 2.45) is 5.73 Å². The molecule has 0 amide bonds. The van der Waals surface area contributed by atoms with Crippen LogP contribution in [0, 0.1) is 0 Å². The topological polar surface area (TPSA) is 59.1 Å². The number of halogens is 3. The highest BCUT2D eigenvalue weighted by atomic mass is 35.5. The average molecular weight is 223 g/mol. The minimum absolute atomic E-state index is 0.0631. The molecule has 78 valence electrons. The van der Waals surface area contributed by atoms with Gasteiger partial charge >= 0.3 is 0 Å². The standard InChI is InChI=1S/C8H9ClF2N2O/c9-6-3-13-2-1-5(6)7(12)8(10,11)4-14/h1-3,7,14H,4,12H2/t7-/m1/s1. The van der Waals surface area contributed by atoms with Crippen LogP contribution < -0.4 is 5.73 Å². The Morgan fingerprint density at radius 1 is 1.64 bits per heavy atom. The minimum Gasteiger partial charge on any atom is -0.390 e. The zero-order valence-corrected chi connectivity index (χ0v) is 7.88. The fourth-order valence-electron chi connectivity index (χ4n) is 0.964. The average Bonchev–Trinajstić information content (AvgIpc) is 2.17. The number of aliphatic hydroxyl groups excluding tert-OH is 1. The molecule has 0 bridgehead atoms. The summed E-state index contributed by atoms with van der Waals surface area (Å²) >= 11 is 5.62. The SMILES string of the molecule is N[C@H](c1ccncc1Cl)C(F)(F)CO. The highest BCUT2D eigenvalue weighted by molar-refractivity contribution is 6.31. The maximum atomic E-state index is 13.0. The third-order valence-electron chi connectivity index (χ3n) is 1.80. The first-order chi connectivity index (χ1) is 6.49. The fraction of sp³-hybridized carbons (Fsp3) is 0.375. The Hall–Kier alpha value is -0.780. The summed E-state index contributed by atoms with van der Waals surface area (Å²) in [5.74, 6) is -3.38. The molecule has 0 radical (unpaired) electrons. The summed E-state index contributed by atoms with van der Waals surface area (Å²) in [6, 6.07) is -0.320. The van der Waals surface area contributed by atoms with Crippen LogP contribution in [0.1, 0.15) is 11.6 Å². The predicted molar refractivity (Wildman–Crippen MR) is 48.2 cm³/mol. The molecule has 1 atom stereocenters. The van der Waals surface area contributed by atoms with Crippen LogP contribution >= 0.6 is 11.6 Å². The summed E-state index contributed by atoms with van der Waals surface area (Å²) < 4.78 is 25.9. The number of nitrogens with zero attached hydrogens (tertiary/aromatic N) is 1. The lowest BCUT2D eigenvalue weighted by Crippen LogP contribution is -2.36. The summed E-state index contributed by atoms with van der Waals surface area (Å²) in [5.41, 5.74) is 5.33. The molecule has 0 aliphatic carbocycles. The van der Waals surface area contributed by atoms with Crippen LogP contribution in [-0.2, 0) is 0 Å². The van der Waals surface area contributed by atoms with E-state index in [4.69, 9.17) is 22.4 Å². The number of hydrogen-bond acceptors (Lipinski definition) is 3. The number of aliphatic hydroxyl groups is 1. The van der Waals surface area contributed by atoms with Gasteiger partial charge in [-0.2, -0.15) is 0 Å². The van der Waals surface area contributed by atoms with E-state index in [2.05, 4.69) is 4.98 Å². The summed E-state index contributed by atoms with van der Waals surface area (Å²) in [6.45, 7) is -1.31. The third kappa shape index (κ3) is 2.17. The Labute approximate surface area is 84.5 Å². The minimum atomic E-state index is -3.38. The molecule has 14 heavy (non-hydrogen) atoms. The van der Waals surface area contributed by atoms with E-state index < -0.39 is 18.6 Å². The molecule has 3 nitrogen and oxygen atoms in total. The molecule has 6 heteroatoms. The molecule has 1 aromatic rings. The molecule has 0 spiro atoms. The van der Waals surface area contributed by atoms with E-state index in [9.17, 15) is 8.78 Å². The maximum Gasteiger partial charge on any atom is 0.289 e. The van der Waals surface area contributed by atoms with Gasteiger partial charge in [0.15, 0.2) is 0 Å². The second-order valence-electron chi connectivity index (χ2n) is 2.79. The summed E-state index contributed by atoms with van der Waals surface area (Å²) in [7, 11) is 0. The van der Waals surface area contributed by atoms with Gasteiger partial charge in [-0.1, -0.05) is 11.6 Å². The van der Waals surface area contributed by atoms with Crippen molar-refractivity contribution in [3.63, 3.8) is 0 Å². The molecule has 0 aromatic carbocycles. The lowest BCUT2D eigenvalue weighted by atomic mass is 10.0.